The van der Waals surface area contributed by atoms with Gasteiger partial charge < -0.3 is 0 Å². The lowest BCUT2D eigenvalue weighted by Gasteiger charge is -2.26. The highest BCUT2D eigenvalue weighted by atomic mass is 35.5. The summed E-state index contributed by atoms with van der Waals surface area (Å²) >= 11 is 5.58. The van der Waals surface area contributed by atoms with Crippen molar-refractivity contribution >= 4 is 33.2 Å². The van der Waals surface area contributed by atoms with Crippen LogP contribution in [0, 0.1) is 0 Å². The summed E-state index contributed by atoms with van der Waals surface area (Å²) in [6.45, 7) is 0. The highest BCUT2D eigenvalue weighted by Crippen LogP contribution is 2.23. The summed E-state index contributed by atoms with van der Waals surface area (Å²) in [5.74, 6) is 0.0262. The molecule has 0 saturated carbocycles. The molecule has 2 heterocycles. The molecule has 0 N–H and O–H groups in total. The zero-order valence-corrected chi connectivity index (χ0v) is 11.2. The summed E-state index contributed by atoms with van der Waals surface area (Å²) in [5.41, 5.74) is 0. The maximum Gasteiger partial charge on any atom is 0.243 e. The van der Waals surface area contributed by atoms with Crippen LogP contribution in [0.2, 0.25) is 0 Å². The second-order valence-corrected chi connectivity index (χ2v) is 6.64. The zero-order valence-electron chi connectivity index (χ0n) is 9.62. The van der Waals surface area contributed by atoms with Gasteiger partial charge in [-0.05, 0) is 18.6 Å². The van der Waals surface area contributed by atoms with Crippen molar-refractivity contribution in [3.05, 3.63) is 24.4 Å². The summed E-state index contributed by atoms with van der Waals surface area (Å²) in [7, 11) is -3.05. The number of nitrogens with zero attached hydrogens (tertiary/aromatic N) is 2. The van der Waals surface area contributed by atoms with E-state index in [0.29, 0.717) is 12.2 Å². The molecule has 1 saturated heterocycles. The van der Waals surface area contributed by atoms with E-state index in [-0.39, 0.29) is 29.3 Å². The van der Waals surface area contributed by atoms with Gasteiger partial charge in [0.15, 0.2) is 9.84 Å². The van der Waals surface area contributed by atoms with Gasteiger partial charge in [0.1, 0.15) is 11.7 Å². The van der Waals surface area contributed by atoms with E-state index in [2.05, 4.69) is 4.98 Å². The predicted octanol–water partition coefficient (Wildman–Crippen LogP) is 0.841. The molecule has 1 aliphatic heterocycles. The van der Waals surface area contributed by atoms with Crippen LogP contribution in [0.4, 0.5) is 5.82 Å². The molecule has 0 spiro atoms. The van der Waals surface area contributed by atoms with Crippen molar-refractivity contribution in [1.82, 2.24) is 4.98 Å². The molecule has 2 rings (SSSR count). The Morgan fingerprint density at radius 3 is 2.78 bits per heavy atom. The fraction of sp³-hybridized carbons (Fsp3) is 0.455. The molecule has 98 valence electrons. The van der Waals surface area contributed by atoms with Crippen LogP contribution in [0.25, 0.3) is 0 Å². The molecule has 1 fully saturated rings. The summed E-state index contributed by atoms with van der Waals surface area (Å²) in [5, 5.41) is 0. The number of hydrogen-bond donors (Lipinski definition) is 0. The van der Waals surface area contributed by atoms with E-state index >= 15 is 0 Å². The molecule has 1 aliphatic rings. The van der Waals surface area contributed by atoms with Gasteiger partial charge in [0.05, 0.1) is 17.5 Å². The van der Waals surface area contributed by atoms with E-state index in [9.17, 15) is 13.2 Å². The number of sulfone groups is 1. The number of amides is 1. The Bertz CT molecular complexity index is 532. The molecule has 7 heteroatoms. The third-order valence-electron chi connectivity index (χ3n) is 2.85. The number of anilines is 1. The first kappa shape index (κ1) is 13.3. The van der Waals surface area contributed by atoms with Crippen LogP contribution < -0.4 is 4.90 Å². The first-order valence-electron chi connectivity index (χ1n) is 5.53. The van der Waals surface area contributed by atoms with Crippen LogP contribution in [0.15, 0.2) is 24.4 Å². The molecule has 1 aromatic heterocycles. The first-order valence-corrected chi connectivity index (χ1v) is 7.88. The average molecular weight is 289 g/mol. The van der Waals surface area contributed by atoms with Crippen molar-refractivity contribution in [3.8, 4) is 0 Å². The Balaban J connectivity index is 2.30. The second kappa shape index (κ2) is 5.24. The number of halogens is 1. The molecular weight excluding hydrogens is 276 g/mol. The van der Waals surface area contributed by atoms with Gasteiger partial charge in [-0.25, -0.2) is 13.4 Å². The smallest absolute Gasteiger partial charge is 0.243 e. The van der Waals surface area contributed by atoms with Gasteiger partial charge in [0.25, 0.3) is 0 Å². The molecule has 1 amide bonds. The lowest BCUT2D eigenvalue weighted by Crippen LogP contribution is -2.42. The van der Waals surface area contributed by atoms with Crippen molar-refractivity contribution in [2.75, 3.05) is 22.3 Å². The Kier molecular flexibility index (Phi) is 3.87. The molecule has 0 unspecified atom stereocenters. The number of hydrogen-bond acceptors (Lipinski definition) is 4. The van der Waals surface area contributed by atoms with E-state index in [1.165, 1.54) is 4.90 Å². The van der Waals surface area contributed by atoms with Crippen molar-refractivity contribution in [1.29, 1.82) is 0 Å². The number of rotatable bonds is 3. The van der Waals surface area contributed by atoms with E-state index in [4.69, 9.17) is 11.6 Å². The highest BCUT2D eigenvalue weighted by Gasteiger charge is 2.35. The molecule has 0 bridgehead atoms. The Morgan fingerprint density at radius 1 is 1.50 bits per heavy atom. The SMILES string of the molecule is O=C(CCl)N(c1ccccn1)[C@@H]1CCS(=O)(=O)C1. The van der Waals surface area contributed by atoms with Crippen molar-refractivity contribution in [2.24, 2.45) is 0 Å². The minimum Gasteiger partial charge on any atom is -0.292 e. The third kappa shape index (κ3) is 2.81. The van der Waals surface area contributed by atoms with Crippen molar-refractivity contribution in [3.63, 3.8) is 0 Å². The summed E-state index contributed by atoms with van der Waals surface area (Å²) in [4.78, 5) is 17.4. The lowest BCUT2D eigenvalue weighted by atomic mass is 10.2. The average Bonchev–Trinajstić information content (AvgIpc) is 2.71. The first-order chi connectivity index (χ1) is 8.53. The molecule has 0 aliphatic carbocycles. The van der Waals surface area contributed by atoms with E-state index in [0.717, 1.165) is 0 Å². The quantitative estimate of drug-likeness (QED) is 0.773. The van der Waals surface area contributed by atoms with Gasteiger partial charge in [-0.2, -0.15) is 0 Å². The predicted molar refractivity (Wildman–Crippen MR) is 69.5 cm³/mol. The van der Waals surface area contributed by atoms with Crippen LogP contribution in [-0.2, 0) is 14.6 Å². The standard InChI is InChI=1S/C11H13ClN2O3S/c12-7-11(15)14(10-3-1-2-5-13-10)9-4-6-18(16,17)8-9/h1-3,5,9H,4,6-8H2/t9-/m1/s1. The van der Waals surface area contributed by atoms with E-state index in [1.54, 1.807) is 24.4 Å². The number of aromatic nitrogens is 1. The molecule has 18 heavy (non-hydrogen) atoms. The Morgan fingerprint density at radius 2 is 2.28 bits per heavy atom. The number of pyridine rings is 1. The van der Waals surface area contributed by atoms with Crippen LogP contribution in [0.5, 0.6) is 0 Å². The second-order valence-electron chi connectivity index (χ2n) is 4.14. The van der Waals surface area contributed by atoms with Gasteiger partial charge in [-0.15, -0.1) is 11.6 Å². The van der Waals surface area contributed by atoms with Crippen LogP contribution in [-0.4, -0.2) is 42.7 Å². The van der Waals surface area contributed by atoms with E-state index < -0.39 is 9.84 Å². The van der Waals surface area contributed by atoms with Crippen LogP contribution >= 0.6 is 11.6 Å². The monoisotopic (exact) mass is 288 g/mol. The van der Waals surface area contributed by atoms with Gasteiger partial charge in [0.2, 0.25) is 5.91 Å². The zero-order chi connectivity index (χ0) is 13.2. The van der Waals surface area contributed by atoms with Gasteiger partial charge >= 0.3 is 0 Å². The fourth-order valence-corrected chi connectivity index (χ4v) is 3.89. The number of carbonyl (C=O) groups excluding carboxylic acids is 1. The molecule has 1 aromatic rings. The Labute approximate surface area is 111 Å². The molecule has 0 radical (unpaired) electrons. The van der Waals surface area contributed by atoms with Gasteiger partial charge in [-0.1, -0.05) is 6.07 Å². The molecular formula is C11H13ClN2O3S. The topological polar surface area (TPSA) is 67.3 Å². The molecule has 0 aromatic carbocycles. The minimum atomic E-state index is -3.05. The number of carbonyl (C=O) groups is 1. The maximum atomic E-state index is 11.9. The van der Waals surface area contributed by atoms with E-state index in [1.807, 2.05) is 0 Å². The third-order valence-corrected chi connectivity index (χ3v) is 4.83. The maximum absolute atomic E-state index is 11.9. The van der Waals surface area contributed by atoms with Crippen molar-refractivity contribution < 1.29 is 13.2 Å². The van der Waals surface area contributed by atoms with Gasteiger partial charge in [-0.3, -0.25) is 9.69 Å². The summed E-state index contributed by atoms with van der Waals surface area (Å²) in [6, 6.07) is 4.80. The normalized spacial score (nSPS) is 21.7. The minimum absolute atomic E-state index is 0.0216. The van der Waals surface area contributed by atoms with Crippen molar-refractivity contribution in [2.45, 2.75) is 12.5 Å². The molecule has 5 nitrogen and oxygen atoms in total. The highest BCUT2D eigenvalue weighted by molar-refractivity contribution is 7.91. The lowest BCUT2D eigenvalue weighted by molar-refractivity contribution is -0.116. The van der Waals surface area contributed by atoms with Crippen LogP contribution in [0.1, 0.15) is 6.42 Å². The summed E-state index contributed by atoms with van der Waals surface area (Å²) in [6.07, 6.45) is 1.99. The Hall–Kier alpha value is -1.14. The fourth-order valence-electron chi connectivity index (χ4n) is 2.06. The van der Waals surface area contributed by atoms with Crippen LogP contribution in [0.3, 0.4) is 0 Å². The summed E-state index contributed by atoms with van der Waals surface area (Å²) < 4.78 is 23.0. The van der Waals surface area contributed by atoms with Gasteiger partial charge in [0, 0.05) is 6.20 Å². The largest absolute Gasteiger partial charge is 0.292 e. The molecule has 1 atom stereocenters. The number of alkyl halides is 1.